The van der Waals surface area contributed by atoms with Crippen molar-refractivity contribution < 1.29 is 4.42 Å². The standard InChI is InChI=1S/C18H12N2O3/c21-17-15-9-4-10-19-16(15)20(18(22)23-17)11-13-7-3-6-12-5-1-2-8-14(12)13/h1-10H,11H2. The van der Waals surface area contributed by atoms with Gasteiger partial charge in [0.1, 0.15) is 5.39 Å². The Bertz CT molecular complexity index is 1140. The van der Waals surface area contributed by atoms with Crippen LogP contribution in [-0.4, -0.2) is 9.55 Å². The van der Waals surface area contributed by atoms with E-state index in [4.69, 9.17) is 4.42 Å². The summed E-state index contributed by atoms with van der Waals surface area (Å²) in [6.07, 6.45) is 1.56. The Kier molecular flexibility index (Phi) is 3.05. The number of benzene rings is 2. The van der Waals surface area contributed by atoms with Gasteiger partial charge in [-0.2, -0.15) is 0 Å². The second-order valence-electron chi connectivity index (χ2n) is 5.25. The summed E-state index contributed by atoms with van der Waals surface area (Å²) in [5.41, 5.74) is 0.639. The first-order valence-corrected chi connectivity index (χ1v) is 7.19. The molecule has 0 amide bonds. The molecule has 23 heavy (non-hydrogen) atoms. The van der Waals surface area contributed by atoms with Gasteiger partial charge in [0, 0.05) is 6.20 Å². The molecule has 2 aromatic carbocycles. The molecule has 0 atom stereocenters. The Morgan fingerprint density at radius 1 is 0.913 bits per heavy atom. The number of pyridine rings is 1. The Morgan fingerprint density at radius 2 is 1.70 bits per heavy atom. The number of hydrogen-bond acceptors (Lipinski definition) is 4. The first kappa shape index (κ1) is 13.5. The molecule has 4 aromatic rings. The molecule has 4 rings (SSSR count). The summed E-state index contributed by atoms with van der Waals surface area (Å²) in [7, 11) is 0. The largest absolute Gasteiger partial charge is 0.423 e. The van der Waals surface area contributed by atoms with Crippen LogP contribution in [0, 0.1) is 0 Å². The Balaban J connectivity index is 1.97. The predicted molar refractivity (Wildman–Crippen MR) is 87.6 cm³/mol. The maximum Gasteiger partial charge on any atom is 0.423 e. The van der Waals surface area contributed by atoms with Crippen LogP contribution in [0.5, 0.6) is 0 Å². The van der Waals surface area contributed by atoms with Crippen molar-refractivity contribution in [1.82, 2.24) is 9.55 Å². The van der Waals surface area contributed by atoms with Crippen molar-refractivity contribution in [3.05, 3.63) is 87.3 Å². The zero-order valence-electron chi connectivity index (χ0n) is 12.1. The highest BCUT2D eigenvalue weighted by Gasteiger charge is 2.11. The molecule has 0 aliphatic rings. The minimum atomic E-state index is -0.700. The van der Waals surface area contributed by atoms with E-state index in [1.54, 1.807) is 18.3 Å². The van der Waals surface area contributed by atoms with E-state index in [1.807, 2.05) is 42.5 Å². The van der Waals surface area contributed by atoms with Crippen molar-refractivity contribution in [3.63, 3.8) is 0 Å². The zero-order valence-corrected chi connectivity index (χ0v) is 12.1. The van der Waals surface area contributed by atoms with Crippen LogP contribution in [0.4, 0.5) is 0 Å². The number of rotatable bonds is 2. The summed E-state index contributed by atoms with van der Waals surface area (Å²) >= 11 is 0. The Morgan fingerprint density at radius 3 is 2.61 bits per heavy atom. The summed E-state index contributed by atoms with van der Waals surface area (Å²) in [5.74, 6) is -0.700. The van der Waals surface area contributed by atoms with Crippen molar-refractivity contribution in [1.29, 1.82) is 0 Å². The van der Waals surface area contributed by atoms with Crippen LogP contribution in [0.25, 0.3) is 21.8 Å². The fraction of sp³-hybridized carbons (Fsp3) is 0.0556. The van der Waals surface area contributed by atoms with Gasteiger partial charge in [-0.05, 0) is 28.5 Å². The molecule has 0 saturated carbocycles. The first-order chi connectivity index (χ1) is 11.2. The van der Waals surface area contributed by atoms with Crippen LogP contribution in [0.1, 0.15) is 5.56 Å². The fourth-order valence-electron chi connectivity index (χ4n) is 2.79. The van der Waals surface area contributed by atoms with Gasteiger partial charge in [0.15, 0.2) is 5.65 Å². The molecule has 0 spiro atoms. The first-order valence-electron chi connectivity index (χ1n) is 7.19. The van der Waals surface area contributed by atoms with Crippen LogP contribution in [-0.2, 0) is 6.54 Å². The fourth-order valence-corrected chi connectivity index (χ4v) is 2.79. The van der Waals surface area contributed by atoms with Crippen molar-refractivity contribution >= 4 is 21.8 Å². The molecule has 0 radical (unpaired) electrons. The van der Waals surface area contributed by atoms with Crippen LogP contribution in [0.15, 0.2) is 74.8 Å². The smallest absolute Gasteiger partial charge is 0.372 e. The number of hydrogen-bond donors (Lipinski definition) is 0. The lowest BCUT2D eigenvalue weighted by atomic mass is 10.0. The van der Waals surface area contributed by atoms with Crippen LogP contribution in [0.3, 0.4) is 0 Å². The summed E-state index contributed by atoms with van der Waals surface area (Å²) in [4.78, 5) is 28.1. The van der Waals surface area contributed by atoms with Gasteiger partial charge < -0.3 is 4.42 Å². The molecule has 0 bridgehead atoms. The van der Waals surface area contributed by atoms with Gasteiger partial charge in [-0.3, -0.25) is 4.57 Å². The van der Waals surface area contributed by atoms with E-state index in [9.17, 15) is 9.59 Å². The highest BCUT2D eigenvalue weighted by Crippen LogP contribution is 2.19. The van der Waals surface area contributed by atoms with Crippen molar-refractivity contribution in [2.75, 3.05) is 0 Å². The third-order valence-corrected chi connectivity index (χ3v) is 3.87. The SMILES string of the molecule is O=c1oc(=O)n(Cc2cccc3ccccc23)c2ncccc12. The van der Waals surface area contributed by atoms with E-state index in [1.165, 1.54) is 4.57 Å². The van der Waals surface area contributed by atoms with Gasteiger partial charge in [0.2, 0.25) is 0 Å². The highest BCUT2D eigenvalue weighted by atomic mass is 16.4. The monoisotopic (exact) mass is 304 g/mol. The van der Waals surface area contributed by atoms with Crippen LogP contribution < -0.4 is 11.4 Å². The average Bonchev–Trinajstić information content (AvgIpc) is 2.59. The topological polar surface area (TPSA) is 65.1 Å². The number of aromatic nitrogens is 2. The summed E-state index contributed by atoms with van der Waals surface area (Å²) in [5, 5.41) is 2.44. The number of nitrogens with zero attached hydrogens (tertiary/aromatic N) is 2. The van der Waals surface area contributed by atoms with Gasteiger partial charge in [-0.15, -0.1) is 0 Å². The van der Waals surface area contributed by atoms with E-state index in [0.717, 1.165) is 16.3 Å². The van der Waals surface area contributed by atoms with Crippen LogP contribution >= 0.6 is 0 Å². The summed E-state index contributed by atoms with van der Waals surface area (Å²) < 4.78 is 6.21. The van der Waals surface area contributed by atoms with E-state index in [2.05, 4.69) is 4.98 Å². The molecule has 2 aromatic heterocycles. The third kappa shape index (κ3) is 2.23. The molecule has 0 aliphatic heterocycles. The molecule has 5 heteroatoms. The lowest BCUT2D eigenvalue weighted by molar-refractivity contribution is 0.423. The molecule has 0 aliphatic carbocycles. The Hall–Kier alpha value is -3.21. The van der Waals surface area contributed by atoms with E-state index >= 15 is 0 Å². The van der Waals surface area contributed by atoms with E-state index in [-0.39, 0.29) is 6.54 Å². The summed E-state index contributed by atoms with van der Waals surface area (Å²) in [6.45, 7) is 0.289. The molecular formula is C18H12N2O3. The molecule has 5 nitrogen and oxygen atoms in total. The van der Waals surface area contributed by atoms with Gasteiger partial charge >= 0.3 is 11.4 Å². The van der Waals surface area contributed by atoms with Gasteiger partial charge in [-0.25, -0.2) is 14.6 Å². The van der Waals surface area contributed by atoms with E-state index in [0.29, 0.717) is 11.0 Å². The highest BCUT2D eigenvalue weighted by molar-refractivity contribution is 5.85. The second-order valence-corrected chi connectivity index (χ2v) is 5.25. The minimum Gasteiger partial charge on any atom is -0.372 e. The lowest BCUT2D eigenvalue weighted by Crippen LogP contribution is -2.26. The van der Waals surface area contributed by atoms with Gasteiger partial charge in [0.05, 0.1) is 6.54 Å². The minimum absolute atomic E-state index is 0.289. The molecule has 0 N–H and O–H groups in total. The van der Waals surface area contributed by atoms with Crippen molar-refractivity contribution in [3.8, 4) is 0 Å². The maximum absolute atomic E-state index is 12.2. The number of fused-ring (bicyclic) bond motifs is 2. The molecule has 0 fully saturated rings. The molecule has 2 heterocycles. The predicted octanol–water partition coefficient (Wildman–Crippen LogP) is 2.55. The second kappa shape index (κ2) is 5.21. The quantitative estimate of drug-likeness (QED) is 0.571. The van der Waals surface area contributed by atoms with E-state index < -0.39 is 11.4 Å². The van der Waals surface area contributed by atoms with Crippen LogP contribution in [0.2, 0.25) is 0 Å². The Labute approximate surface area is 130 Å². The molecule has 112 valence electrons. The zero-order chi connectivity index (χ0) is 15.8. The van der Waals surface area contributed by atoms with Crippen molar-refractivity contribution in [2.45, 2.75) is 6.54 Å². The molecule has 0 saturated heterocycles. The van der Waals surface area contributed by atoms with Gasteiger partial charge in [-0.1, -0.05) is 42.5 Å². The maximum atomic E-state index is 12.2. The summed E-state index contributed by atoms with van der Waals surface area (Å²) in [6, 6.07) is 17.1. The third-order valence-electron chi connectivity index (χ3n) is 3.87. The molecule has 0 unspecified atom stereocenters. The van der Waals surface area contributed by atoms with Gasteiger partial charge in [0.25, 0.3) is 0 Å². The average molecular weight is 304 g/mol. The normalized spacial score (nSPS) is 11.1. The lowest BCUT2D eigenvalue weighted by Gasteiger charge is -2.10. The molecular weight excluding hydrogens is 292 g/mol. The van der Waals surface area contributed by atoms with Crippen molar-refractivity contribution in [2.24, 2.45) is 0 Å².